The van der Waals surface area contributed by atoms with Crippen molar-refractivity contribution in [3.05, 3.63) is 58.9 Å². The number of nitrogens with zero attached hydrogens (tertiary/aromatic N) is 2. The number of hydrogen-bond acceptors (Lipinski definition) is 3. The molecule has 0 aliphatic heterocycles. The molecule has 1 aromatic heterocycles. The van der Waals surface area contributed by atoms with Gasteiger partial charge in [-0.25, -0.2) is 4.98 Å². The first-order chi connectivity index (χ1) is 12.9. The van der Waals surface area contributed by atoms with Crippen molar-refractivity contribution >= 4 is 11.0 Å². The van der Waals surface area contributed by atoms with E-state index in [9.17, 15) is 10.2 Å². The number of aromatic hydroxyl groups is 1. The average molecular weight is 381 g/mol. The van der Waals surface area contributed by atoms with Gasteiger partial charge in [-0.3, -0.25) is 0 Å². The van der Waals surface area contributed by atoms with Crippen molar-refractivity contribution < 1.29 is 10.2 Å². The second kappa shape index (κ2) is 6.93. The molecule has 3 aromatic rings. The normalized spacial score (nSPS) is 13.9. The molecule has 0 saturated heterocycles. The first-order valence-electron chi connectivity index (χ1n) is 9.96. The van der Waals surface area contributed by atoms with Crippen LogP contribution in [0.2, 0.25) is 0 Å². The Morgan fingerprint density at radius 1 is 0.964 bits per heavy atom. The molecule has 0 radical (unpaired) electrons. The van der Waals surface area contributed by atoms with E-state index in [0.29, 0.717) is 11.6 Å². The van der Waals surface area contributed by atoms with Gasteiger partial charge in [-0.05, 0) is 58.7 Å². The van der Waals surface area contributed by atoms with Crippen molar-refractivity contribution in [1.82, 2.24) is 9.55 Å². The third-order valence-corrected chi connectivity index (χ3v) is 5.31. The van der Waals surface area contributed by atoms with Gasteiger partial charge in [0.2, 0.25) is 0 Å². The second-order valence-corrected chi connectivity index (χ2v) is 9.57. The Kier molecular flexibility index (Phi) is 5.05. The molecule has 0 bridgehead atoms. The maximum atomic E-state index is 11.3. The van der Waals surface area contributed by atoms with Crippen LogP contribution in [-0.4, -0.2) is 19.8 Å². The molecular formula is C24H32N2O2. The summed E-state index contributed by atoms with van der Waals surface area (Å²) in [6, 6.07) is 11.8. The van der Waals surface area contributed by atoms with Gasteiger partial charge < -0.3 is 14.8 Å². The standard InChI is InChI=1S/C24H32N2O2/c1-8-26-19-12-10-9-11-18(19)25-22(26)20(27)15-13-16(23(2,3)4)21(28)17(14-15)24(5,6)7/h9-14,20,27-28H,8H2,1-7H3/t20-/m0/s1. The van der Waals surface area contributed by atoms with E-state index in [1.165, 1.54) is 0 Å². The van der Waals surface area contributed by atoms with Gasteiger partial charge in [0, 0.05) is 6.54 Å². The minimum absolute atomic E-state index is 0.245. The van der Waals surface area contributed by atoms with Gasteiger partial charge in [-0.1, -0.05) is 53.7 Å². The molecule has 0 unspecified atom stereocenters. The van der Waals surface area contributed by atoms with Gasteiger partial charge in [-0.2, -0.15) is 0 Å². The first-order valence-corrected chi connectivity index (χ1v) is 9.96. The molecule has 0 aliphatic carbocycles. The van der Waals surface area contributed by atoms with Crippen LogP contribution in [0.3, 0.4) is 0 Å². The van der Waals surface area contributed by atoms with Crippen molar-refractivity contribution in [2.24, 2.45) is 0 Å². The summed E-state index contributed by atoms with van der Waals surface area (Å²) in [6.07, 6.45) is -0.866. The van der Waals surface area contributed by atoms with Crippen molar-refractivity contribution in [2.75, 3.05) is 0 Å². The molecule has 2 N–H and O–H groups in total. The second-order valence-electron chi connectivity index (χ2n) is 9.57. The van der Waals surface area contributed by atoms with E-state index >= 15 is 0 Å². The van der Waals surface area contributed by atoms with Crippen LogP contribution in [-0.2, 0) is 17.4 Å². The molecule has 0 spiro atoms. The number of hydrogen-bond donors (Lipinski definition) is 2. The number of fused-ring (bicyclic) bond motifs is 1. The molecule has 0 fully saturated rings. The van der Waals surface area contributed by atoms with E-state index in [1.54, 1.807) is 0 Å². The molecule has 2 aromatic carbocycles. The maximum absolute atomic E-state index is 11.3. The zero-order valence-corrected chi connectivity index (χ0v) is 18.0. The first kappa shape index (κ1) is 20.4. The highest BCUT2D eigenvalue weighted by Crippen LogP contribution is 2.41. The molecule has 1 atom stereocenters. The lowest BCUT2D eigenvalue weighted by Crippen LogP contribution is -2.19. The fraction of sp³-hybridized carbons (Fsp3) is 0.458. The molecule has 4 heteroatoms. The smallest absolute Gasteiger partial charge is 0.143 e. The van der Waals surface area contributed by atoms with Crippen molar-refractivity contribution in [3.8, 4) is 5.75 Å². The van der Waals surface area contributed by atoms with Gasteiger partial charge in [0.25, 0.3) is 0 Å². The number of benzene rings is 2. The van der Waals surface area contributed by atoms with Crippen molar-refractivity contribution in [3.63, 3.8) is 0 Å². The number of rotatable bonds is 3. The van der Waals surface area contributed by atoms with Gasteiger partial charge in [0.05, 0.1) is 11.0 Å². The number of phenolic OH excluding ortho intramolecular Hbond substituents is 1. The van der Waals surface area contributed by atoms with Crippen molar-refractivity contribution in [1.29, 1.82) is 0 Å². The van der Waals surface area contributed by atoms with E-state index < -0.39 is 6.10 Å². The monoisotopic (exact) mass is 380 g/mol. The summed E-state index contributed by atoms with van der Waals surface area (Å²) in [7, 11) is 0. The summed E-state index contributed by atoms with van der Waals surface area (Å²) in [5.74, 6) is 0.953. The number of aromatic nitrogens is 2. The number of aliphatic hydroxyl groups is 1. The van der Waals surface area contributed by atoms with Crippen LogP contribution in [0.5, 0.6) is 5.75 Å². The Morgan fingerprint density at radius 3 is 2.00 bits per heavy atom. The third kappa shape index (κ3) is 3.53. The molecule has 28 heavy (non-hydrogen) atoms. The number of phenols is 1. The van der Waals surface area contributed by atoms with E-state index in [0.717, 1.165) is 34.3 Å². The highest BCUT2D eigenvalue weighted by atomic mass is 16.3. The minimum atomic E-state index is -0.866. The highest BCUT2D eigenvalue weighted by molar-refractivity contribution is 5.76. The lowest BCUT2D eigenvalue weighted by molar-refractivity contribution is 0.205. The maximum Gasteiger partial charge on any atom is 0.143 e. The van der Waals surface area contributed by atoms with Gasteiger partial charge in [0.1, 0.15) is 17.7 Å². The lowest BCUT2D eigenvalue weighted by atomic mass is 9.78. The van der Waals surface area contributed by atoms with Crippen LogP contribution in [0, 0.1) is 0 Å². The number of para-hydroxylation sites is 2. The summed E-state index contributed by atoms with van der Waals surface area (Å²) >= 11 is 0. The van der Waals surface area contributed by atoms with Crippen LogP contribution in [0.4, 0.5) is 0 Å². The van der Waals surface area contributed by atoms with E-state index in [4.69, 9.17) is 4.98 Å². The zero-order valence-electron chi connectivity index (χ0n) is 18.0. The van der Waals surface area contributed by atoms with Gasteiger partial charge in [0.15, 0.2) is 0 Å². The Morgan fingerprint density at radius 2 is 1.50 bits per heavy atom. The topological polar surface area (TPSA) is 58.3 Å². The predicted octanol–water partition coefficient (Wildman–Crippen LogP) is 5.44. The molecule has 3 rings (SSSR count). The molecule has 1 heterocycles. The van der Waals surface area contributed by atoms with E-state index in [2.05, 4.69) is 53.0 Å². The Labute approximate surface area is 167 Å². The molecule has 0 amide bonds. The SMILES string of the molecule is CCn1c([C@@H](O)c2cc(C(C)(C)C)c(O)c(C(C)(C)C)c2)nc2ccccc21. The molecule has 0 aliphatic rings. The quantitative estimate of drug-likeness (QED) is 0.636. The summed E-state index contributed by atoms with van der Waals surface area (Å²) < 4.78 is 2.06. The molecule has 4 nitrogen and oxygen atoms in total. The summed E-state index contributed by atoms with van der Waals surface area (Å²) in [4.78, 5) is 4.72. The van der Waals surface area contributed by atoms with Crippen LogP contribution in [0.25, 0.3) is 11.0 Å². The van der Waals surface area contributed by atoms with Crippen molar-refractivity contribution in [2.45, 2.75) is 71.9 Å². The largest absolute Gasteiger partial charge is 0.507 e. The third-order valence-electron chi connectivity index (χ3n) is 5.31. The molecule has 0 saturated carbocycles. The lowest BCUT2D eigenvalue weighted by Gasteiger charge is -2.29. The number of aliphatic hydroxyl groups excluding tert-OH is 1. The van der Waals surface area contributed by atoms with E-state index in [1.807, 2.05) is 36.4 Å². The fourth-order valence-electron chi connectivity index (χ4n) is 3.74. The Bertz CT molecular complexity index is 969. The predicted molar refractivity (Wildman–Crippen MR) is 115 cm³/mol. The number of aryl methyl sites for hydroxylation is 1. The van der Waals surface area contributed by atoms with Crippen LogP contribution in [0.15, 0.2) is 36.4 Å². The van der Waals surface area contributed by atoms with Gasteiger partial charge in [-0.15, -0.1) is 0 Å². The highest BCUT2D eigenvalue weighted by Gasteiger charge is 2.29. The zero-order chi connectivity index (χ0) is 20.9. The van der Waals surface area contributed by atoms with E-state index in [-0.39, 0.29) is 10.8 Å². The number of imidazole rings is 1. The Balaban J connectivity index is 2.24. The molecule has 150 valence electrons. The van der Waals surface area contributed by atoms with Gasteiger partial charge >= 0.3 is 0 Å². The fourth-order valence-corrected chi connectivity index (χ4v) is 3.74. The summed E-state index contributed by atoms with van der Waals surface area (Å²) in [6.45, 7) is 15.2. The van der Waals surface area contributed by atoms with Crippen LogP contribution >= 0.6 is 0 Å². The average Bonchev–Trinajstić information content (AvgIpc) is 2.97. The molecular weight excluding hydrogens is 348 g/mol. The summed E-state index contributed by atoms with van der Waals surface area (Å²) in [5, 5.41) is 22.3. The van der Waals surface area contributed by atoms with Crippen LogP contribution in [0.1, 0.15) is 77.1 Å². The van der Waals surface area contributed by atoms with Crippen LogP contribution < -0.4 is 0 Å². The Hall–Kier alpha value is -2.33. The summed E-state index contributed by atoms with van der Waals surface area (Å²) in [5.41, 5.74) is 3.85. The minimum Gasteiger partial charge on any atom is -0.507 e.